The van der Waals surface area contributed by atoms with Crippen LogP contribution in [-0.2, 0) is 19.1 Å². The lowest BCUT2D eigenvalue weighted by Crippen LogP contribution is -2.67. The Balaban J connectivity index is 2.30. The maximum Gasteiger partial charge on any atom is 0.331 e. The fourth-order valence-corrected chi connectivity index (χ4v) is 2.36. The number of hydrogen-bond donors (Lipinski definition) is 1. The number of esters is 1. The maximum absolute atomic E-state index is 12.0. The van der Waals surface area contributed by atoms with Crippen molar-refractivity contribution in [3.05, 3.63) is 35.9 Å². The Bertz CT molecular complexity index is 491. The molecule has 0 radical (unpaired) electrons. The summed E-state index contributed by atoms with van der Waals surface area (Å²) in [6, 6.07) is 7.88. The van der Waals surface area contributed by atoms with Gasteiger partial charge in [0.05, 0.1) is 7.11 Å². The molecule has 1 fully saturated rings. The van der Waals surface area contributed by atoms with E-state index in [-0.39, 0.29) is 5.91 Å². The molecule has 0 aromatic heterocycles. The average Bonchev–Trinajstić information content (AvgIpc) is 2.50. The number of nitrogens with two attached hydrogens (primary N) is 1. The van der Waals surface area contributed by atoms with Gasteiger partial charge in [-0.15, -0.1) is 0 Å². The highest BCUT2D eigenvalue weighted by Gasteiger charge is 2.46. The van der Waals surface area contributed by atoms with E-state index in [1.165, 1.54) is 19.1 Å². The van der Waals surface area contributed by atoms with Crippen molar-refractivity contribution in [2.75, 3.05) is 20.8 Å². The number of amides is 1. The molecule has 1 aliphatic heterocycles. The van der Waals surface area contributed by atoms with Crippen molar-refractivity contribution in [1.29, 1.82) is 0 Å². The topological polar surface area (TPSA) is 81.9 Å². The van der Waals surface area contributed by atoms with E-state index in [0.717, 1.165) is 5.56 Å². The Labute approximate surface area is 117 Å². The van der Waals surface area contributed by atoms with Crippen molar-refractivity contribution in [2.24, 2.45) is 5.73 Å². The third kappa shape index (κ3) is 2.52. The van der Waals surface area contributed by atoms with E-state index in [1.807, 2.05) is 30.3 Å². The molecule has 1 aromatic carbocycles. The molecular weight excluding hydrogens is 260 g/mol. The van der Waals surface area contributed by atoms with Crippen molar-refractivity contribution < 1.29 is 19.1 Å². The van der Waals surface area contributed by atoms with Crippen LogP contribution in [0.4, 0.5) is 0 Å². The van der Waals surface area contributed by atoms with Gasteiger partial charge in [0.15, 0.2) is 6.04 Å². The second-order valence-corrected chi connectivity index (χ2v) is 4.63. The molecule has 0 bridgehead atoms. The number of β-lactam (4-membered cyclic amide) rings is 1. The normalized spacial score (nSPS) is 21.1. The molecule has 1 heterocycles. The highest BCUT2D eigenvalue weighted by atomic mass is 16.5. The Morgan fingerprint density at radius 3 is 2.45 bits per heavy atom. The largest absolute Gasteiger partial charge is 0.467 e. The molecule has 2 N–H and O–H groups in total. The molecule has 20 heavy (non-hydrogen) atoms. The smallest absolute Gasteiger partial charge is 0.331 e. The molecule has 1 saturated heterocycles. The summed E-state index contributed by atoms with van der Waals surface area (Å²) in [4.78, 5) is 25.2. The van der Waals surface area contributed by atoms with Crippen molar-refractivity contribution >= 4 is 11.9 Å². The van der Waals surface area contributed by atoms with E-state index < -0.39 is 24.2 Å². The second kappa shape index (κ2) is 6.02. The van der Waals surface area contributed by atoms with Gasteiger partial charge in [0.25, 0.3) is 0 Å². The van der Waals surface area contributed by atoms with Crippen molar-refractivity contribution in [2.45, 2.75) is 18.2 Å². The first-order valence-corrected chi connectivity index (χ1v) is 6.31. The minimum absolute atomic E-state index is 0.265. The van der Waals surface area contributed by atoms with E-state index in [1.54, 1.807) is 0 Å². The van der Waals surface area contributed by atoms with Crippen LogP contribution >= 0.6 is 0 Å². The molecule has 6 heteroatoms. The molecule has 0 spiro atoms. The summed E-state index contributed by atoms with van der Waals surface area (Å²) in [5, 5.41) is 0. The summed E-state index contributed by atoms with van der Waals surface area (Å²) in [6.45, 7) is 0.325. The van der Waals surface area contributed by atoms with Crippen LogP contribution < -0.4 is 5.73 Å². The number of ether oxygens (including phenoxy) is 2. The van der Waals surface area contributed by atoms with E-state index in [9.17, 15) is 9.59 Å². The molecule has 3 atom stereocenters. The van der Waals surface area contributed by atoms with Gasteiger partial charge in [-0.3, -0.25) is 4.79 Å². The summed E-state index contributed by atoms with van der Waals surface area (Å²) in [6.07, 6.45) is -0.583. The van der Waals surface area contributed by atoms with Crippen molar-refractivity contribution in [3.63, 3.8) is 0 Å². The van der Waals surface area contributed by atoms with Crippen LogP contribution in [0.2, 0.25) is 0 Å². The SMILES string of the molecule is COC(=O)C(C(OC)c1ccccc1)N1CC(N)C1=O. The Hall–Kier alpha value is -1.92. The highest BCUT2D eigenvalue weighted by molar-refractivity contribution is 5.92. The average molecular weight is 278 g/mol. The number of nitrogens with zero attached hydrogens (tertiary/aromatic N) is 1. The molecule has 0 aliphatic carbocycles. The number of carbonyl (C=O) groups is 2. The van der Waals surface area contributed by atoms with Gasteiger partial charge in [-0.05, 0) is 5.56 Å². The summed E-state index contributed by atoms with van der Waals surface area (Å²) < 4.78 is 10.2. The zero-order valence-corrected chi connectivity index (χ0v) is 11.5. The lowest BCUT2D eigenvalue weighted by molar-refractivity contribution is -0.167. The zero-order valence-electron chi connectivity index (χ0n) is 11.5. The molecule has 1 aromatic rings. The fraction of sp³-hybridized carbons (Fsp3) is 0.429. The number of likely N-dealkylation sites (tertiary alicyclic amines) is 1. The molecular formula is C14H18N2O4. The number of methoxy groups -OCH3 is 2. The molecule has 2 rings (SSSR count). The first kappa shape index (κ1) is 14.5. The lowest BCUT2D eigenvalue weighted by atomic mass is 9.96. The summed E-state index contributed by atoms with van der Waals surface area (Å²) in [7, 11) is 2.79. The van der Waals surface area contributed by atoms with Crippen molar-refractivity contribution in [1.82, 2.24) is 4.90 Å². The Morgan fingerprint density at radius 2 is 2.00 bits per heavy atom. The number of rotatable bonds is 5. The predicted molar refractivity (Wildman–Crippen MR) is 71.7 cm³/mol. The quantitative estimate of drug-likeness (QED) is 0.609. The minimum Gasteiger partial charge on any atom is -0.467 e. The molecule has 1 amide bonds. The van der Waals surface area contributed by atoms with Crippen molar-refractivity contribution in [3.8, 4) is 0 Å². The zero-order chi connectivity index (χ0) is 14.7. The lowest BCUT2D eigenvalue weighted by Gasteiger charge is -2.43. The molecule has 3 unspecified atom stereocenters. The van der Waals surface area contributed by atoms with Gasteiger partial charge < -0.3 is 20.1 Å². The summed E-state index contributed by atoms with van der Waals surface area (Å²) in [5.74, 6) is -0.778. The van der Waals surface area contributed by atoms with Gasteiger partial charge in [-0.1, -0.05) is 30.3 Å². The Kier molecular flexibility index (Phi) is 4.36. The van der Waals surface area contributed by atoms with Gasteiger partial charge in [-0.25, -0.2) is 4.79 Å². The van der Waals surface area contributed by atoms with E-state index in [2.05, 4.69) is 0 Å². The van der Waals surface area contributed by atoms with E-state index >= 15 is 0 Å². The maximum atomic E-state index is 12.0. The predicted octanol–water partition coefficient (Wildman–Crippen LogP) is 0.0852. The van der Waals surface area contributed by atoms with Crippen LogP contribution in [0.15, 0.2) is 30.3 Å². The van der Waals surface area contributed by atoms with Crippen LogP contribution in [0.3, 0.4) is 0 Å². The number of carbonyl (C=O) groups excluding carboxylic acids is 2. The van der Waals surface area contributed by atoms with Crippen LogP contribution in [0.25, 0.3) is 0 Å². The Morgan fingerprint density at radius 1 is 1.35 bits per heavy atom. The van der Waals surface area contributed by atoms with Gasteiger partial charge in [0.1, 0.15) is 12.1 Å². The first-order valence-electron chi connectivity index (χ1n) is 6.31. The van der Waals surface area contributed by atoms with Gasteiger partial charge in [0.2, 0.25) is 5.91 Å². The molecule has 1 aliphatic rings. The van der Waals surface area contributed by atoms with Gasteiger partial charge in [0, 0.05) is 13.7 Å². The second-order valence-electron chi connectivity index (χ2n) is 4.63. The third-order valence-electron chi connectivity index (χ3n) is 3.44. The highest BCUT2D eigenvalue weighted by Crippen LogP contribution is 2.28. The van der Waals surface area contributed by atoms with Gasteiger partial charge in [-0.2, -0.15) is 0 Å². The fourth-order valence-electron chi connectivity index (χ4n) is 2.36. The standard InChI is InChI=1S/C14H18N2O4/c1-19-12(9-6-4-3-5-7-9)11(14(18)20-2)16-8-10(15)13(16)17/h3-7,10-12H,8,15H2,1-2H3. The van der Waals surface area contributed by atoms with Crippen LogP contribution in [0.5, 0.6) is 0 Å². The molecule has 6 nitrogen and oxygen atoms in total. The molecule has 0 saturated carbocycles. The molecule has 108 valence electrons. The van der Waals surface area contributed by atoms with Crippen LogP contribution in [0.1, 0.15) is 11.7 Å². The number of hydrogen-bond acceptors (Lipinski definition) is 5. The van der Waals surface area contributed by atoms with Crippen LogP contribution in [0, 0.1) is 0 Å². The monoisotopic (exact) mass is 278 g/mol. The van der Waals surface area contributed by atoms with E-state index in [4.69, 9.17) is 15.2 Å². The third-order valence-corrected chi connectivity index (χ3v) is 3.44. The summed E-state index contributed by atoms with van der Waals surface area (Å²) in [5.41, 5.74) is 6.39. The first-order chi connectivity index (χ1) is 9.60. The minimum atomic E-state index is -0.820. The van der Waals surface area contributed by atoms with Gasteiger partial charge >= 0.3 is 5.97 Å². The van der Waals surface area contributed by atoms with Crippen LogP contribution in [-0.4, -0.2) is 49.6 Å². The van der Waals surface area contributed by atoms with E-state index in [0.29, 0.717) is 6.54 Å². The summed E-state index contributed by atoms with van der Waals surface area (Å²) >= 11 is 0. The number of benzene rings is 1.